The molecule has 4 rings (SSSR count). The van der Waals surface area contributed by atoms with Crippen LogP contribution < -0.4 is 15.0 Å². The molecule has 1 aromatic heterocycles. The highest BCUT2D eigenvalue weighted by Crippen LogP contribution is 2.43. The number of amides is 1. The van der Waals surface area contributed by atoms with Crippen molar-refractivity contribution >= 4 is 28.2 Å². The van der Waals surface area contributed by atoms with E-state index in [1.807, 2.05) is 24.3 Å². The lowest BCUT2D eigenvalue weighted by atomic mass is 9.91. The third kappa shape index (κ3) is 3.39. The van der Waals surface area contributed by atoms with Gasteiger partial charge in [0.05, 0.1) is 18.1 Å². The summed E-state index contributed by atoms with van der Waals surface area (Å²) in [5.41, 5.74) is 1.08. The molecule has 1 atom stereocenters. The molecule has 3 heterocycles. The maximum atomic E-state index is 12.2. The molecule has 134 valence electrons. The molecule has 2 aliphatic heterocycles. The van der Waals surface area contributed by atoms with E-state index in [2.05, 4.69) is 21.1 Å². The number of hydrogen-bond acceptors (Lipinski definition) is 6. The first-order valence-electron chi connectivity index (χ1n) is 8.54. The standard InChI is InChI=1S/C19H19N3O3S/c1-2-9-25-14-5-3-13(4-6-14)15-12-16(23)20-18-17(15)26-19(21-18)22-7-10-24-11-8-22/h1,3-6,15H,7-12H2,(H,20,23)/t15-/m1/s1. The summed E-state index contributed by atoms with van der Waals surface area (Å²) >= 11 is 1.65. The zero-order valence-electron chi connectivity index (χ0n) is 14.2. The van der Waals surface area contributed by atoms with Gasteiger partial charge in [0.15, 0.2) is 5.13 Å². The molecule has 1 aromatic carbocycles. The van der Waals surface area contributed by atoms with E-state index in [-0.39, 0.29) is 18.4 Å². The van der Waals surface area contributed by atoms with Gasteiger partial charge in [-0.2, -0.15) is 0 Å². The Morgan fingerprint density at radius 1 is 1.35 bits per heavy atom. The van der Waals surface area contributed by atoms with Crippen molar-refractivity contribution in [1.82, 2.24) is 4.98 Å². The second-order valence-corrected chi connectivity index (χ2v) is 7.18. The van der Waals surface area contributed by atoms with Crippen LogP contribution in [0.15, 0.2) is 24.3 Å². The number of anilines is 2. The average Bonchev–Trinajstić information content (AvgIpc) is 3.11. The zero-order valence-corrected chi connectivity index (χ0v) is 15.1. The highest BCUT2D eigenvalue weighted by Gasteiger charge is 2.31. The van der Waals surface area contributed by atoms with Crippen molar-refractivity contribution in [2.24, 2.45) is 0 Å². The van der Waals surface area contributed by atoms with Crippen molar-refractivity contribution in [3.63, 3.8) is 0 Å². The van der Waals surface area contributed by atoms with Crippen LogP contribution >= 0.6 is 11.3 Å². The minimum Gasteiger partial charge on any atom is -0.481 e. The molecular weight excluding hydrogens is 350 g/mol. The highest BCUT2D eigenvalue weighted by atomic mass is 32.1. The topological polar surface area (TPSA) is 63.7 Å². The molecule has 0 aliphatic carbocycles. The Labute approximate surface area is 156 Å². The number of fused-ring (bicyclic) bond motifs is 1. The van der Waals surface area contributed by atoms with Gasteiger partial charge in [-0.05, 0) is 17.7 Å². The van der Waals surface area contributed by atoms with Crippen LogP contribution in [0, 0.1) is 12.3 Å². The van der Waals surface area contributed by atoms with E-state index in [4.69, 9.17) is 15.9 Å². The molecule has 0 spiro atoms. The fourth-order valence-electron chi connectivity index (χ4n) is 3.19. The molecule has 26 heavy (non-hydrogen) atoms. The Morgan fingerprint density at radius 3 is 2.85 bits per heavy atom. The van der Waals surface area contributed by atoms with Crippen LogP contribution in [0.3, 0.4) is 0 Å². The Kier molecular flexibility index (Phi) is 4.78. The number of carbonyl (C=O) groups excluding carboxylic acids is 1. The van der Waals surface area contributed by atoms with Crippen LogP contribution in [0.4, 0.5) is 10.9 Å². The quantitative estimate of drug-likeness (QED) is 0.839. The minimum absolute atomic E-state index is 0.00557. The number of morpholine rings is 1. The number of hydrogen-bond donors (Lipinski definition) is 1. The summed E-state index contributed by atoms with van der Waals surface area (Å²) in [6.45, 7) is 3.31. The molecule has 0 unspecified atom stereocenters. The van der Waals surface area contributed by atoms with Gasteiger partial charge in [-0.3, -0.25) is 4.79 Å². The van der Waals surface area contributed by atoms with Gasteiger partial charge in [-0.25, -0.2) is 4.98 Å². The van der Waals surface area contributed by atoms with Crippen LogP contribution in [0.1, 0.15) is 22.8 Å². The van der Waals surface area contributed by atoms with E-state index in [1.165, 1.54) is 0 Å². The number of benzene rings is 1. The lowest BCUT2D eigenvalue weighted by Gasteiger charge is -2.26. The largest absolute Gasteiger partial charge is 0.481 e. The monoisotopic (exact) mass is 369 g/mol. The van der Waals surface area contributed by atoms with Crippen LogP contribution in [-0.2, 0) is 9.53 Å². The molecule has 6 nitrogen and oxygen atoms in total. The number of ether oxygens (including phenoxy) is 2. The number of carbonyl (C=O) groups is 1. The first kappa shape index (κ1) is 16.9. The molecule has 1 amide bonds. The van der Waals surface area contributed by atoms with Gasteiger partial charge < -0.3 is 19.7 Å². The van der Waals surface area contributed by atoms with Gasteiger partial charge in [0, 0.05) is 25.4 Å². The lowest BCUT2D eigenvalue weighted by Crippen LogP contribution is -2.36. The Morgan fingerprint density at radius 2 is 2.12 bits per heavy atom. The summed E-state index contributed by atoms with van der Waals surface area (Å²) < 4.78 is 10.8. The van der Waals surface area contributed by atoms with Gasteiger partial charge in [0.2, 0.25) is 5.91 Å². The average molecular weight is 369 g/mol. The minimum atomic E-state index is -0.00557. The molecule has 2 aliphatic rings. The highest BCUT2D eigenvalue weighted by molar-refractivity contribution is 7.16. The summed E-state index contributed by atoms with van der Waals surface area (Å²) in [7, 11) is 0. The maximum absolute atomic E-state index is 12.2. The number of nitrogens with one attached hydrogen (secondary N) is 1. The zero-order chi connectivity index (χ0) is 17.9. The third-order valence-electron chi connectivity index (χ3n) is 4.49. The Bertz CT molecular complexity index is 835. The van der Waals surface area contributed by atoms with Gasteiger partial charge >= 0.3 is 0 Å². The van der Waals surface area contributed by atoms with E-state index in [0.717, 1.165) is 34.4 Å². The SMILES string of the molecule is C#CCOc1ccc([C@H]2CC(=O)Nc3nc(N4CCOCC4)sc32)cc1. The molecule has 1 fully saturated rings. The lowest BCUT2D eigenvalue weighted by molar-refractivity contribution is -0.116. The molecule has 7 heteroatoms. The van der Waals surface area contributed by atoms with Gasteiger partial charge in [-0.15, -0.1) is 6.42 Å². The van der Waals surface area contributed by atoms with Gasteiger partial charge in [0.1, 0.15) is 18.2 Å². The first-order chi connectivity index (χ1) is 12.7. The molecular formula is C19H19N3O3S. The predicted octanol–water partition coefficient (Wildman–Crippen LogP) is 2.47. The van der Waals surface area contributed by atoms with Crippen LogP contribution in [0.2, 0.25) is 0 Å². The number of rotatable bonds is 4. The van der Waals surface area contributed by atoms with Crippen molar-refractivity contribution in [2.75, 3.05) is 43.1 Å². The van der Waals surface area contributed by atoms with Crippen molar-refractivity contribution in [3.05, 3.63) is 34.7 Å². The summed E-state index contributed by atoms with van der Waals surface area (Å²) in [6.07, 6.45) is 5.64. The second kappa shape index (κ2) is 7.36. The Balaban J connectivity index is 1.61. The van der Waals surface area contributed by atoms with Crippen molar-refractivity contribution in [1.29, 1.82) is 0 Å². The fourth-order valence-corrected chi connectivity index (χ4v) is 4.39. The van der Waals surface area contributed by atoms with E-state index in [9.17, 15) is 4.79 Å². The predicted molar refractivity (Wildman–Crippen MR) is 101 cm³/mol. The van der Waals surface area contributed by atoms with Crippen molar-refractivity contribution < 1.29 is 14.3 Å². The van der Waals surface area contributed by atoms with Crippen LogP contribution in [-0.4, -0.2) is 43.8 Å². The second-order valence-electron chi connectivity index (χ2n) is 6.18. The summed E-state index contributed by atoms with van der Waals surface area (Å²) in [4.78, 5) is 20.2. The van der Waals surface area contributed by atoms with E-state index < -0.39 is 0 Å². The van der Waals surface area contributed by atoms with Gasteiger partial charge in [-0.1, -0.05) is 29.4 Å². The number of nitrogens with zero attached hydrogens (tertiary/aromatic N) is 2. The number of thiazole rings is 1. The fraction of sp³-hybridized carbons (Fsp3) is 0.368. The molecule has 1 N–H and O–H groups in total. The van der Waals surface area contributed by atoms with Gasteiger partial charge in [0.25, 0.3) is 0 Å². The molecule has 2 aromatic rings. The first-order valence-corrected chi connectivity index (χ1v) is 9.36. The van der Waals surface area contributed by atoms with Crippen molar-refractivity contribution in [3.8, 4) is 18.1 Å². The smallest absolute Gasteiger partial charge is 0.226 e. The third-order valence-corrected chi connectivity index (χ3v) is 5.72. The Hall–Kier alpha value is -2.56. The van der Waals surface area contributed by atoms with Crippen LogP contribution in [0.25, 0.3) is 0 Å². The molecule has 0 saturated carbocycles. The van der Waals surface area contributed by atoms with E-state index in [0.29, 0.717) is 25.5 Å². The summed E-state index contributed by atoms with van der Waals surface area (Å²) in [6, 6.07) is 7.77. The maximum Gasteiger partial charge on any atom is 0.226 e. The van der Waals surface area contributed by atoms with E-state index in [1.54, 1.807) is 11.3 Å². The van der Waals surface area contributed by atoms with Crippen LogP contribution in [0.5, 0.6) is 5.75 Å². The molecule has 1 saturated heterocycles. The molecule has 0 radical (unpaired) electrons. The number of aromatic nitrogens is 1. The summed E-state index contributed by atoms with van der Waals surface area (Å²) in [5, 5.41) is 3.86. The normalized spacial score (nSPS) is 19.4. The molecule has 0 bridgehead atoms. The van der Waals surface area contributed by atoms with E-state index >= 15 is 0 Å². The number of terminal acetylenes is 1. The van der Waals surface area contributed by atoms with Crippen molar-refractivity contribution in [2.45, 2.75) is 12.3 Å². The summed E-state index contributed by atoms with van der Waals surface area (Å²) in [5.74, 6) is 3.87.